The van der Waals surface area contributed by atoms with Crippen LogP contribution in [0.15, 0.2) is 82.6 Å². The molecule has 2 N–H and O–H groups in total. The summed E-state index contributed by atoms with van der Waals surface area (Å²) in [5, 5.41) is 11.5. The molecule has 2 aliphatic heterocycles. The van der Waals surface area contributed by atoms with Crippen molar-refractivity contribution in [1.29, 1.82) is 0 Å². The second-order valence-electron chi connectivity index (χ2n) is 11.1. The number of alkyl halides is 3. The summed E-state index contributed by atoms with van der Waals surface area (Å²) in [5.41, 5.74) is 0.823. The van der Waals surface area contributed by atoms with Crippen molar-refractivity contribution >= 4 is 57.9 Å². The van der Waals surface area contributed by atoms with E-state index in [2.05, 4.69) is 10.2 Å². The largest absolute Gasteiger partial charge is 0.508 e. The predicted octanol–water partition coefficient (Wildman–Crippen LogP) is 5.91. The number of hydrogen-bond donors (Lipinski definition) is 2. The van der Waals surface area contributed by atoms with Gasteiger partial charge in [-0.15, -0.1) is 0 Å². The van der Waals surface area contributed by atoms with E-state index in [1.165, 1.54) is 34.9 Å². The number of halogens is 3. The summed E-state index contributed by atoms with van der Waals surface area (Å²) < 4.78 is 42.0. The van der Waals surface area contributed by atoms with E-state index in [9.17, 15) is 37.5 Å². The molecule has 2 aliphatic rings. The molecular formula is C33H29F3N4O5S2. The summed E-state index contributed by atoms with van der Waals surface area (Å²) in [7, 11) is 0. The lowest BCUT2D eigenvalue weighted by Crippen LogP contribution is -2.33. The number of fused-ring (bicyclic) bond motifs is 2. The first kappa shape index (κ1) is 32.4. The molecule has 244 valence electrons. The van der Waals surface area contributed by atoms with Crippen LogP contribution in [-0.4, -0.2) is 45.7 Å². The highest BCUT2D eigenvalue weighted by molar-refractivity contribution is 8.00. The molecule has 3 unspecified atom stereocenters. The number of phenols is 1. The Kier molecular flexibility index (Phi) is 8.66. The molecular weight excluding hydrogens is 654 g/mol. The highest BCUT2D eigenvalue weighted by Crippen LogP contribution is 2.54. The normalized spacial score (nSPS) is 19.0. The molecule has 0 bridgehead atoms. The highest BCUT2D eigenvalue weighted by atomic mass is 32.2. The Morgan fingerprint density at radius 1 is 0.957 bits per heavy atom. The number of amides is 3. The molecule has 3 atom stereocenters. The number of thioether (sulfide) groups is 1. The molecule has 6 rings (SSSR count). The third-order valence-corrected chi connectivity index (χ3v) is 10.9. The maximum absolute atomic E-state index is 14.1. The number of carbonyl (C=O) groups is 3. The van der Waals surface area contributed by atoms with Crippen LogP contribution in [-0.2, 0) is 27.1 Å². The van der Waals surface area contributed by atoms with E-state index in [0.29, 0.717) is 21.2 Å². The summed E-state index contributed by atoms with van der Waals surface area (Å²) in [6.07, 6.45) is -4.68. The predicted molar refractivity (Wildman–Crippen MR) is 174 cm³/mol. The number of rotatable bonds is 8. The van der Waals surface area contributed by atoms with Gasteiger partial charge in [-0.05, 0) is 74.0 Å². The van der Waals surface area contributed by atoms with Gasteiger partial charge in [-0.3, -0.25) is 23.7 Å². The Balaban J connectivity index is 1.41. The number of phenolic OH excluding ortho intramolecular Hbond substituents is 1. The summed E-state index contributed by atoms with van der Waals surface area (Å²) in [6, 6.07) is 17.4. The first-order valence-corrected chi connectivity index (χ1v) is 16.5. The summed E-state index contributed by atoms with van der Waals surface area (Å²) in [4.78, 5) is 57.5. The second kappa shape index (κ2) is 12.6. The van der Waals surface area contributed by atoms with E-state index in [0.717, 1.165) is 65.0 Å². The molecule has 1 aromatic heterocycles. The zero-order valence-electron chi connectivity index (χ0n) is 25.2. The van der Waals surface area contributed by atoms with E-state index in [4.69, 9.17) is 0 Å². The highest BCUT2D eigenvalue weighted by Gasteiger charge is 2.57. The van der Waals surface area contributed by atoms with Crippen LogP contribution in [0.25, 0.3) is 0 Å². The first-order valence-electron chi connectivity index (χ1n) is 14.8. The Bertz CT molecular complexity index is 1900. The summed E-state index contributed by atoms with van der Waals surface area (Å²) in [5.74, 6) is -3.64. The van der Waals surface area contributed by atoms with Crippen LogP contribution in [0.2, 0.25) is 0 Å². The fraction of sp³-hybridized carbons (Fsp3) is 0.273. The van der Waals surface area contributed by atoms with Crippen molar-refractivity contribution < 1.29 is 32.7 Å². The molecule has 47 heavy (non-hydrogen) atoms. The molecule has 0 saturated carbocycles. The van der Waals surface area contributed by atoms with Crippen molar-refractivity contribution in [3.63, 3.8) is 0 Å². The number of carbonyl (C=O) groups excluding carboxylic acids is 3. The van der Waals surface area contributed by atoms with Crippen LogP contribution in [0, 0.1) is 5.92 Å². The third-order valence-electron chi connectivity index (χ3n) is 8.31. The van der Waals surface area contributed by atoms with Crippen molar-refractivity contribution in [3.8, 4) is 5.75 Å². The lowest BCUT2D eigenvalue weighted by molar-refractivity contribution is -0.137. The van der Waals surface area contributed by atoms with Gasteiger partial charge < -0.3 is 15.3 Å². The maximum Gasteiger partial charge on any atom is 0.416 e. The monoisotopic (exact) mass is 682 g/mol. The number of nitrogens with one attached hydrogen (secondary N) is 1. The fourth-order valence-corrected chi connectivity index (χ4v) is 8.83. The number of thiazole rings is 1. The van der Waals surface area contributed by atoms with E-state index in [-0.39, 0.29) is 18.0 Å². The van der Waals surface area contributed by atoms with Crippen molar-refractivity contribution in [2.24, 2.45) is 5.92 Å². The number of hydrogen-bond acceptors (Lipinski definition) is 8. The van der Waals surface area contributed by atoms with Gasteiger partial charge in [-0.1, -0.05) is 41.3 Å². The quantitative estimate of drug-likeness (QED) is 0.176. The van der Waals surface area contributed by atoms with E-state index in [1.807, 2.05) is 38.1 Å². The van der Waals surface area contributed by atoms with Crippen LogP contribution in [0.4, 0.5) is 30.2 Å². The van der Waals surface area contributed by atoms with Gasteiger partial charge in [0.25, 0.3) is 0 Å². The molecule has 14 heteroatoms. The van der Waals surface area contributed by atoms with Gasteiger partial charge in [0.05, 0.1) is 22.2 Å². The Labute approximate surface area is 275 Å². The minimum atomic E-state index is -4.68. The Morgan fingerprint density at radius 2 is 1.64 bits per heavy atom. The number of aromatic nitrogens is 1. The van der Waals surface area contributed by atoms with Crippen LogP contribution in [0.3, 0.4) is 0 Å². The van der Waals surface area contributed by atoms with Crippen molar-refractivity contribution in [2.75, 3.05) is 28.2 Å². The van der Waals surface area contributed by atoms with Gasteiger partial charge in [-0.25, -0.2) is 4.90 Å². The minimum absolute atomic E-state index is 0.0169. The van der Waals surface area contributed by atoms with Crippen LogP contribution in [0.5, 0.6) is 5.75 Å². The smallest absolute Gasteiger partial charge is 0.416 e. The zero-order chi connectivity index (χ0) is 33.6. The lowest BCUT2D eigenvalue weighted by atomic mass is 9.83. The Morgan fingerprint density at radius 3 is 2.28 bits per heavy atom. The minimum Gasteiger partial charge on any atom is -0.508 e. The standard InChI is InChI=1S/C33H29F3N4O5S2/c1-3-38(4-2)21-12-8-18(9-13-21)25-26-27(30(44)40(29(26)43)22-7-5-6-19(16-22)33(34,35)36)46-31-28(25)47-32(45)39(31)17-24(42)37-20-10-14-23(41)15-11-20/h5-16,25-27,41H,3-4,17H2,1-2H3,(H,37,42). The van der Waals surface area contributed by atoms with Crippen molar-refractivity contribution in [3.05, 3.63) is 98.5 Å². The van der Waals surface area contributed by atoms with Crippen molar-refractivity contribution in [2.45, 2.75) is 42.8 Å². The molecule has 9 nitrogen and oxygen atoms in total. The van der Waals surface area contributed by atoms with Gasteiger partial charge in [0.15, 0.2) is 0 Å². The average molecular weight is 683 g/mol. The molecule has 0 aliphatic carbocycles. The van der Waals surface area contributed by atoms with Gasteiger partial charge >= 0.3 is 11.0 Å². The SMILES string of the molecule is CCN(CC)c1ccc(C2c3sc(=O)n(CC(=O)Nc4ccc(O)cc4)c3SC3C(=O)N(c4cccc(C(F)(F)F)c4)C(=O)C32)cc1. The number of nitrogens with zero attached hydrogens (tertiary/aromatic N) is 3. The molecule has 1 saturated heterocycles. The molecule has 3 amide bonds. The molecule has 0 spiro atoms. The average Bonchev–Trinajstić information content (AvgIpc) is 3.49. The molecule has 3 heterocycles. The number of anilines is 3. The maximum atomic E-state index is 14.1. The van der Waals surface area contributed by atoms with E-state index < -0.39 is 51.4 Å². The Hall–Kier alpha value is -4.56. The van der Waals surface area contributed by atoms with Crippen molar-refractivity contribution in [1.82, 2.24) is 4.57 Å². The third kappa shape index (κ3) is 6.02. The van der Waals surface area contributed by atoms with Crippen LogP contribution >= 0.6 is 23.1 Å². The fourth-order valence-electron chi connectivity index (χ4n) is 6.06. The van der Waals surface area contributed by atoms with Gasteiger partial charge in [0.2, 0.25) is 17.7 Å². The summed E-state index contributed by atoms with van der Waals surface area (Å²) >= 11 is 1.85. The number of aromatic hydroxyl groups is 1. The van der Waals surface area contributed by atoms with E-state index >= 15 is 0 Å². The topological polar surface area (TPSA) is 112 Å². The van der Waals surface area contributed by atoms with Gasteiger partial charge in [0, 0.05) is 35.3 Å². The van der Waals surface area contributed by atoms with Crippen LogP contribution in [0.1, 0.15) is 35.8 Å². The lowest BCUT2D eigenvalue weighted by Gasteiger charge is -2.31. The van der Waals surface area contributed by atoms with Gasteiger partial charge in [0.1, 0.15) is 17.5 Å². The van der Waals surface area contributed by atoms with Gasteiger partial charge in [-0.2, -0.15) is 13.2 Å². The molecule has 0 radical (unpaired) electrons. The van der Waals surface area contributed by atoms with Crippen LogP contribution < -0.4 is 20.0 Å². The number of imide groups is 1. The number of benzene rings is 3. The molecule has 1 fully saturated rings. The first-order chi connectivity index (χ1) is 22.4. The second-order valence-corrected chi connectivity index (χ2v) is 13.2. The molecule has 4 aromatic rings. The van der Waals surface area contributed by atoms with E-state index in [1.54, 1.807) is 0 Å². The summed E-state index contributed by atoms with van der Waals surface area (Å²) in [6.45, 7) is 5.19. The molecule has 3 aromatic carbocycles. The zero-order valence-corrected chi connectivity index (χ0v) is 26.8.